The number of carbonyl (C=O) groups is 2. The summed E-state index contributed by atoms with van der Waals surface area (Å²) in [4.78, 5) is 22.6. The molecule has 5 nitrogen and oxygen atoms in total. The topological polar surface area (TPSA) is 84.2 Å². The molecule has 0 aliphatic heterocycles. The highest BCUT2D eigenvalue weighted by Crippen LogP contribution is 2.22. The Morgan fingerprint density at radius 3 is 2.61 bits per heavy atom. The number of rotatable bonds is 5. The van der Waals surface area contributed by atoms with Crippen molar-refractivity contribution in [2.24, 2.45) is 5.73 Å². The van der Waals surface area contributed by atoms with E-state index in [0.29, 0.717) is 16.3 Å². The van der Waals surface area contributed by atoms with Gasteiger partial charge in [-0.1, -0.05) is 25.4 Å². The average molecular weight is 270 g/mol. The van der Waals surface area contributed by atoms with Crippen LogP contribution in [0.4, 0.5) is 5.69 Å². The van der Waals surface area contributed by atoms with E-state index in [1.807, 2.05) is 13.8 Å². The van der Waals surface area contributed by atoms with E-state index in [2.05, 4.69) is 10.6 Å². The van der Waals surface area contributed by atoms with Crippen LogP contribution in [0.25, 0.3) is 0 Å². The molecule has 1 aromatic rings. The van der Waals surface area contributed by atoms with E-state index in [9.17, 15) is 9.59 Å². The van der Waals surface area contributed by atoms with Gasteiger partial charge in [0.1, 0.15) is 0 Å². The number of hydrogen-bond donors (Lipinski definition) is 3. The second-order valence-electron chi connectivity index (χ2n) is 4.14. The third kappa shape index (κ3) is 4.35. The minimum atomic E-state index is -0.567. The Morgan fingerprint density at radius 2 is 2.06 bits per heavy atom. The first-order valence-corrected chi connectivity index (χ1v) is 5.90. The van der Waals surface area contributed by atoms with Gasteiger partial charge in [-0.25, -0.2) is 0 Å². The molecule has 6 heteroatoms. The summed E-state index contributed by atoms with van der Waals surface area (Å²) in [5.74, 6) is -0.797. The van der Waals surface area contributed by atoms with Gasteiger partial charge in [-0.3, -0.25) is 9.59 Å². The van der Waals surface area contributed by atoms with Gasteiger partial charge in [-0.05, 0) is 18.2 Å². The number of nitrogens with one attached hydrogen (secondary N) is 2. The lowest BCUT2D eigenvalue weighted by Crippen LogP contribution is -2.32. The summed E-state index contributed by atoms with van der Waals surface area (Å²) in [6.07, 6.45) is 0. The molecule has 0 bridgehead atoms. The van der Waals surface area contributed by atoms with Gasteiger partial charge < -0.3 is 16.4 Å². The van der Waals surface area contributed by atoms with Gasteiger partial charge in [0.25, 0.3) is 0 Å². The van der Waals surface area contributed by atoms with Crippen LogP contribution < -0.4 is 16.4 Å². The summed E-state index contributed by atoms with van der Waals surface area (Å²) < 4.78 is 0. The molecular formula is C12H16ClN3O2. The minimum absolute atomic E-state index is 0.175. The zero-order valence-corrected chi connectivity index (χ0v) is 11.0. The number of hydrogen-bond acceptors (Lipinski definition) is 3. The van der Waals surface area contributed by atoms with E-state index in [0.717, 1.165) is 0 Å². The molecule has 0 aromatic heterocycles. The van der Waals surface area contributed by atoms with Crippen molar-refractivity contribution in [3.63, 3.8) is 0 Å². The van der Waals surface area contributed by atoms with E-state index >= 15 is 0 Å². The lowest BCUT2D eigenvalue weighted by Gasteiger charge is -2.10. The van der Waals surface area contributed by atoms with E-state index in [4.69, 9.17) is 17.3 Å². The number of primary amides is 1. The number of halogens is 1. The molecule has 0 heterocycles. The Bertz CT molecular complexity index is 461. The standard InChI is InChI=1S/C12H16ClN3O2/c1-7(2)15-6-11(17)16-10-5-8(12(14)18)3-4-9(10)13/h3-5,7,15H,6H2,1-2H3,(H2,14,18)(H,16,17). The SMILES string of the molecule is CC(C)NCC(=O)Nc1cc(C(N)=O)ccc1Cl. The molecule has 1 rings (SSSR count). The summed E-state index contributed by atoms with van der Waals surface area (Å²) in [5.41, 5.74) is 5.83. The molecule has 4 N–H and O–H groups in total. The van der Waals surface area contributed by atoms with Crippen molar-refractivity contribution in [1.29, 1.82) is 0 Å². The van der Waals surface area contributed by atoms with Crippen molar-refractivity contribution in [1.82, 2.24) is 5.32 Å². The monoisotopic (exact) mass is 269 g/mol. The van der Waals surface area contributed by atoms with E-state index in [1.54, 1.807) is 0 Å². The Hall–Kier alpha value is -1.59. The first kappa shape index (κ1) is 14.5. The molecular weight excluding hydrogens is 254 g/mol. The van der Waals surface area contributed by atoms with Crippen molar-refractivity contribution in [3.05, 3.63) is 28.8 Å². The van der Waals surface area contributed by atoms with Crippen LogP contribution in [0, 0.1) is 0 Å². The summed E-state index contributed by atoms with van der Waals surface area (Å²) >= 11 is 5.92. The average Bonchev–Trinajstić information content (AvgIpc) is 2.29. The fourth-order valence-corrected chi connectivity index (χ4v) is 1.43. The number of amides is 2. The van der Waals surface area contributed by atoms with Gasteiger partial charge in [0.05, 0.1) is 17.3 Å². The first-order valence-electron chi connectivity index (χ1n) is 5.52. The largest absolute Gasteiger partial charge is 0.366 e. The van der Waals surface area contributed by atoms with Crippen LogP contribution in [0.1, 0.15) is 24.2 Å². The van der Waals surface area contributed by atoms with E-state index < -0.39 is 5.91 Å². The first-order chi connectivity index (χ1) is 8.40. The van der Waals surface area contributed by atoms with Crippen LogP contribution >= 0.6 is 11.6 Å². The van der Waals surface area contributed by atoms with E-state index in [1.165, 1.54) is 18.2 Å². The maximum absolute atomic E-state index is 11.6. The van der Waals surface area contributed by atoms with Crippen LogP contribution in [0.2, 0.25) is 5.02 Å². The third-order valence-electron chi connectivity index (χ3n) is 2.20. The van der Waals surface area contributed by atoms with Crippen molar-refractivity contribution in [3.8, 4) is 0 Å². The van der Waals surface area contributed by atoms with Gasteiger partial charge in [0, 0.05) is 11.6 Å². The molecule has 0 fully saturated rings. The quantitative estimate of drug-likeness (QED) is 0.755. The van der Waals surface area contributed by atoms with Crippen LogP contribution in [0.5, 0.6) is 0 Å². The highest BCUT2D eigenvalue weighted by Gasteiger charge is 2.09. The molecule has 98 valence electrons. The zero-order valence-electron chi connectivity index (χ0n) is 10.3. The summed E-state index contributed by atoms with van der Waals surface area (Å²) in [6.45, 7) is 4.05. The number of benzene rings is 1. The normalized spacial score (nSPS) is 10.4. The van der Waals surface area contributed by atoms with Crippen LogP contribution in [0.3, 0.4) is 0 Å². The van der Waals surface area contributed by atoms with Crippen LogP contribution in [-0.4, -0.2) is 24.4 Å². The summed E-state index contributed by atoms with van der Waals surface area (Å²) in [5, 5.41) is 5.95. The minimum Gasteiger partial charge on any atom is -0.366 e. The molecule has 2 amide bonds. The Morgan fingerprint density at radius 1 is 1.39 bits per heavy atom. The zero-order chi connectivity index (χ0) is 13.7. The Balaban J connectivity index is 2.74. The lowest BCUT2D eigenvalue weighted by molar-refractivity contribution is -0.115. The maximum atomic E-state index is 11.6. The van der Waals surface area contributed by atoms with Crippen molar-refractivity contribution >= 4 is 29.1 Å². The smallest absolute Gasteiger partial charge is 0.248 e. The molecule has 18 heavy (non-hydrogen) atoms. The van der Waals surface area contributed by atoms with Crippen LogP contribution in [0.15, 0.2) is 18.2 Å². The van der Waals surface area contributed by atoms with Gasteiger partial charge in [0.2, 0.25) is 11.8 Å². The summed E-state index contributed by atoms with van der Waals surface area (Å²) in [7, 11) is 0. The third-order valence-corrected chi connectivity index (χ3v) is 2.53. The highest BCUT2D eigenvalue weighted by atomic mass is 35.5. The molecule has 0 radical (unpaired) electrons. The predicted octanol–water partition coefficient (Wildman–Crippen LogP) is 1.38. The highest BCUT2D eigenvalue weighted by molar-refractivity contribution is 6.33. The molecule has 0 atom stereocenters. The fraction of sp³-hybridized carbons (Fsp3) is 0.333. The maximum Gasteiger partial charge on any atom is 0.248 e. The lowest BCUT2D eigenvalue weighted by atomic mass is 10.2. The van der Waals surface area contributed by atoms with Gasteiger partial charge >= 0.3 is 0 Å². The molecule has 0 aliphatic rings. The summed E-state index contributed by atoms with van der Waals surface area (Å²) in [6, 6.07) is 4.70. The van der Waals surface area contributed by atoms with Gasteiger partial charge in [0.15, 0.2) is 0 Å². The number of carbonyl (C=O) groups excluding carboxylic acids is 2. The molecule has 0 spiro atoms. The molecule has 1 aromatic carbocycles. The van der Waals surface area contributed by atoms with Crippen molar-refractivity contribution in [2.75, 3.05) is 11.9 Å². The van der Waals surface area contributed by atoms with Gasteiger partial charge in [-0.15, -0.1) is 0 Å². The Labute approximate surface area is 111 Å². The molecule has 0 aliphatic carbocycles. The van der Waals surface area contributed by atoms with Crippen molar-refractivity contribution in [2.45, 2.75) is 19.9 Å². The van der Waals surface area contributed by atoms with Gasteiger partial charge in [-0.2, -0.15) is 0 Å². The Kier molecular flexibility index (Phi) is 5.12. The molecule has 0 saturated heterocycles. The van der Waals surface area contributed by atoms with E-state index in [-0.39, 0.29) is 18.5 Å². The predicted molar refractivity (Wildman–Crippen MR) is 71.7 cm³/mol. The van der Waals surface area contributed by atoms with Crippen molar-refractivity contribution < 1.29 is 9.59 Å². The molecule has 0 saturated carbocycles. The fourth-order valence-electron chi connectivity index (χ4n) is 1.27. The number of nitrogens with two attached hydrogens (primary N) is 1. The van der Waals surface area contributed by atoms with Crippen LogP contribution in [-0.2, 0) is 4.79 Å². The second-order valence-corrected chi connectivity index (χ2v) is 4.55. The number of anilines is 1. The second kappa shape index (κ2) is 6.37. The molecule has 0 unspecified atom stereocenters.